The fraction of sp³-hybridized carbons (Fsp3) is 0.250. The van der Waals surface area contributed by atoms with Crippen LogP contribution in [0.5, 0.6) is 0 Å². The summed E-state index contributed by atoms with van der Waals surface area (Å²) in [6, 6.07) is 4.49. The van der Waals surface area contributed by atoms with Gasteiger partial charge in [0.2, 0.25) is 0 Å². The Bertz CT molecular complexity index is 424. The molecule has 4 nitrogen and oxygen atoms in total. The second kappa shape index (κ2) is 8.87. The predicted octanol–water partition coefficient (Wildman–Crippen LogP) is 1.53. The van der Waals surface area contributed by atoms with Gasteiger partial charge in [-0.2, -0.15) is 0 Å². The van der Waals surface area contributed by atoms with E-state index in [1.54, 1.807) is 18.2 Å². The van der Waals surface area contributed by atoms with E-state index >= 15 is 0 Å². The molecule has 0 saturated heterocycles. The first-order valence-corrected chi connectivity index (χ1v) is 5.20. The van der Waals surface area contributed by atoms with Gasteiger partial charge in [-0.05, 0) is 17.7 Å². The summed E-state index contributed by atoms with van der Waals surface area (Å²) in [4.78, 5) is 4.07. The van der Waals surface area contributed by atoms with Gasteiger partial charge in [-0.1, -0.05) is 12.1 Å². The molecule has 0 unspecified atom stereocenters. The van der Waals surface area contributed by atoms with Gasteiger partial charge in [0.05, 0.1) is 13.2 Å². The lowest BCUT2D eigenvalue weighted by atomic mass is 10.1. The maximum absolute atomic E-state index is 13.1. The van der Waals surface area contributed by atoms with Gasteiger partial charge in [-0.25, -0.2) is 9.38 Å². The number of nitrogens with one attached hydrogen (secondary N) is 1. The van der Waals surface area contributed by atoms with Gasteiger partial charge >= 0.3 is 0 Å². The van der Waals surface area contributed by atoms with Crippen LogP contribution in [0.4, 0.5) is 4.39 Å². The summed E-state index contributed by atoms with van der Waals surface area (Å²) in [6.45, 7) is 4.09. The fourth-order valence-corrected chi connectivity index (χ4v) is 1.26. The Balaban J connectivity index is 0.00000289. The number of aliphatic hydroxyl groups excluding tert-OH is 1. The number of nitrogens with zero attached hydrogens (tertiary/aromatic N) is 1. The first kappa shape index (κ1) is 16.9. The molecule has 1 rings (SSSR count). The van der Waals surface area contributed by atoms with Crippen molar-refractivity contribution >= 4 is 29.9 Å². The summed E-state index contributed by atoms with van der Waals surface area (Å²) < 4.78 is 13.1. The van der Waals surface area contributed by atoms with Crippen molar-refractivity contribution in [2.75, 3.05) is 6.54 Å². The zero-order chi connectivity index (χ0) is 12.7. The number of hydrogen-bond donors (Lipinski definition) is 3. The first-order valence-electron chi connectivity index (χ1n) is 5.20. The van der Waals surface area contributed by atoms with E-state index in [1.807, 2.05) is 0 Å². The summed E-state index contributed by atoms with van der Waals surface area (Å²) in [5.41, 5.74) is 6.63. The lowest BCUT2D eigenvalue weighted by molar-refractivity contribution is 0.275. The molecule has 0 aromatic heterocycles. The third-order valence-electron chi connectivity index (χ3n) is 2.14. The van der Waals surface area contributed by atoms with Crippen LogP contribution in [-0.4, -0.2) is 17.6 Å². The number of nitrogens with two attached hydrogens (primary N) is 1. The Kier molecular flexibility index (Phi) is 8.30. The Morgan fingerprint density at radius 3 is 2.89 bits per heavy atom. The van der Waals surface area contributed by atoms with Crippen molar-refractivity contribution in [2.45, 2.75) is 13.2 Å². The molecular formula is C12H17FIN3O. The molecule has 0 saturated carbocycles. The van der Waals surface area contributed by atoms with E-state index in [-0.39, 0.29) is 36.1 Å². The minimum absolute atomic E-state index is 0. The molecule has 0 bridgehead atoms. The zero-order valence-electron chi connectivity index (χ0n) is 9.90. The molecule has 0 aliphatic carbocycles. The third-order valence-corrected chi connectivity index (χ3v) is 2.14. The largest absolute Gasteiger partial charge is 0.392 e. The maximum atomic E-state index is 13.1. The smallest absolute Gasteiger partial charge is 0.189 e. The highest BCUT2D eigenvalue weighted by molar-refractivity contribution is 14.0. The van der Waals surface area contributed by atoms with Gasteiger partial charge in [0.25, 0.3) is 0 Å². The minimum Gasteiger partial charge on any atom is -0.392 e. The highest BCUT2D eigenvalue weighted by Gasteiger charge is 2.02. The SMILES string of the molecule is C=CCNC(N)=NCc1ccc(F)c(CO)c1.I. The van der Waals surface area contributed by atoms with Gasteiger partial charge in [-0.3, -0.25) is 0 Å². The Hall–Kier alpha value is -1.15. The van der Waals surface area contributed by atoms with Crippen molar-refractivity contribution in [3.05, 3.63) is 47.8 Å². The molecule has 1 aromatic rings. The molecule has 100 valence electrons. The molecular weight excluding hydrogens is 348 g/mol. The monoisotopic (exact) mass is 365 g/mol. The summed E-state index contributed by atoms with van der Waals surface area (Å²) >= 11 is 0. The molecule has 0 heterocycles. The van der Waals surface area contributed by atoms with E-state index in [0.29, 0.717) is 19.0 Å². The van der Waals surface area contributed by atoms with E-state index in [4.69, 9.17) is 10.8 Å². The van der Waals surface area contributed by atoms with E-state index in [1.165, 1.54) is 6.07 Å². The number of rotatable bonds is 5. The van der Waals surface area contributed by atoms with Crippen LogP contribution in [0.25, 0.3) is 0 Å². The van der Waals surface area contributed by atoms with Crippen LogP contribution in [-0.2, 0) is 13.2 Å². The summed E-state index contributed by atoms with van der Waals surface area (Å²) in [5.74, 6) is -0.113. The normalized spacial score (nSPS) is 10.7. The van der Waals surface area contributed by atoms with Crippen molar-refractivity contribution < 1.29 is 9.50 Å². The molecule has 6 heteroatoms. The molecule has 0 amide bonds. The maximum Gasteiger partial charge on any atom is 0.189 e. The molecule has 0 spiro atoms. The second-order valence-electron chi connectivity index (χ2n) is 3.45. The van der Waals surface area contributed by atoms with Crippen molar-refractivity contribution in [1.82, 2.24) is 5.32 Å². The van der Waals surface area contributed by atoms with Crippen molar-refractivity contribution in [3.8, 4) is 0 Å². The Labute approximate surface area is 123 Å². The lowest BCUT2D eigenvalue weighted by Gasteiger charge is -2.04. The molecule has 0 aliphatic rings. The molecule has 4 N–H and O–H groups in total. The molecule has 1 aromatic carbocycles. The van der Waals surface area contributed by atoms with Gasteiger partial charge < -0.3 is 16.2 Å². The van der Waals surface area contributed by atoms with E-state index in [2.05, 4.69) is 16.9 Å². The average Bonchev–Trinajstić information content (AvgIpc) is 2.35. The Morgan fingerprint density at radius 2 is 2.28 bits per heavy atom. The first-order chi connectivity index (χ1) is 8.17. The third kappa shape index (κ3) is 5.46. The van der Waals surface area contributed by atoms with Crippen LogP contribution < -0.4 is 11.1 Å². The lowest BCUT2D eigenvalue weighted by Crippen LogP contribution is -2.31. The van der Waals surface area contributed by atoms with Crippen LogP contribution in [0, 0.1) is 5.82 Å². The second-order valence-corrected chi connectivity index (χ2v) is 3.45. The fourth-order valence-electron chi connectivity index (χ4n) is 1.26. The Morgan fingerprint density at radius 1 is 1.56 bits per heavy atom. The van der Waals surface area contributed by atoms with Crippen LogP contribution in [0.15, 0.2) is 35.8 Å². The van der Waals surface area contributed by atoms with Gasteiger partial charge in [0.15, 0.2) is 5.96 Å². The van der Waals surface area contributed by atoms with E-state index in [0.717, 1.165) is 5.56 Å². The van der Waals surface area contributed by atoms with Gasteiger partial charge in [0, 0.05) is 12.1 Å². The molecule has 0 aliphatic heterocycles. The number of guanidine groups is 1. The molecule has 18 heavy (non-hydrogen) atoms. The van der Waals surface area contributed by atoms with E-state index < -0.39 is 5.82 Å². The summed E-state index contributed by atoms with van der Waals surface area (Å²) in [6.07, 6.45) is 1.67. The molecule has 0 atom stereocenters. The predicted molar refractivity (Wildman–Crippen MR) is 81.3 cm³/mol. The average molecular weight is 365 g/mol. The number of benzene rings is 1. The number of aliphatic hydroxyl groups is 1. The number of aliphatic imine (C=N–C) groups is 1. The summed E-state index contributed by atoms with van der Waals surface area (Å²) in [5, 5.41) is 11.7. The highest BCUT2D eigenvalue weighted by Crippen LogP contribution is 2.11. The van der Waals surface area contributed by atoms with Crippen LogP contribution in [0.3, 0.4) is 0 Å². The number of halogens is 2. The summed E-state index contributed by atoms with van der Waals surface area (Å²) in [7, 11) is 0. The quantitative estimate of drug-likeness (QED) is 0.321. The zero-order valence-corrected chi connectivity index (χ0v) is 12.2. The standard InChI is InChI=1S/C12H16FN3O.HI/c1-2-5-15-12(14)16-7-9-3-4-11(13)10(6-9)8-17;/h2-4,6,17H,1,5,7-8H2,(H3,14,15,16);1H. The topological polar surface area (TPSA) is 70.6 Å². The van der Waals surface area contributed by atoms with Crippen molar-refractivity contribution in [2.24, 2.45) is 10.7 Å². The molecule has 0 fully saturated rings. The van der Waals surface area contributed by atoms with Crippen molar-refractivity contribution in [1.29, 1.82) is 0 Å². The van der Waals surface area contributed by atoms with Crippen LogP contribution in [0.2, 0.25) is 0 Å². The van der Waals surface area contributed by atoms with Crippen LogP contribution in [0.1, 0.15) is 11.1 Å². The van der Waals surface area contributed by atoms with E-state index in [9.17, 15) is 4.39 Å². The van der Waals surface area contributed by atoms with Crippen molar-refractivity contribution in [3.63, 3.8) is 0 Å². The highest BCUT2D eigenvalue weighted by atomic mass is 127. The van der Waals surface area contributed by atoms with Crippen LogP contribution >= 0.6 is 24.0 Å². The van der Waals surface area contributed by atoms with Gasteiger partial charge in [0.1, 0.15) is 5.82 Å². The minimum atomic E-state index is -0.419. The molecule has 0 radical (unpaired) electrons. The number of hydrogen-bond acceptors (Lipinski definition) is 2. The van der Waals surface area contributed by atoms with Gasteiger partial charge in [-0.15, -0.1) is 30.6 Å².